The summed E-state index contributed by atoms with van der Waals surface area (Å²) in [5.41, 5.74) is 0.377. The lowest BCUT2D eigenvalue weighted by molar-refractivity contribution is -0.181. The topological polar surface area (TPSA) is 44.8 Å². The first-order valence-corrected chi connectivity index (χ1v) is 5.63. The van der Waals surface area contributed by atoms with Gasteiger partial charge in [-0.2, -0.15) is 0 Å². The van der Waals surface area contributed by atoms with Gasteiger partial charge in [0.1, 0.15) is 6.61 Å². The van der Waals surface area contributed by atoms with E-state index in [2.05, 4.69) is 13.2 Å². The predicted molar refractivity (Wildman–Crippen MR) is 66.5 cm³/mol. The first kappa shape index (κ1) is 15.9. The van der Waals surface area contributed by atoms with E-state index in [1.165, 1.54) is 0 Å². The van der Waals surface area contributed by atoms with E-state index in [0.717, 1.165) is 0 Å². The zero-order valence-electron chi connectivity index (χ0n) is 11.1. The molecular formula is C13H22O4. The molecule has 0 bridgehead atoms. The molecule has 0 aliphatic heterocycles. The second-order valence-electron chi connectivity index (χ2n) is 3.97. The third-order valence-corrected chi connectivity index (χ3v) is 1.96. The Balaban J connectivity index is 3.85. The van der Waals surface area contributed by atoms with E-state index < -0.39 is 5.97 Å². The fraction of sp³-hybridized carbons (Fsp3) is 0.615. The molecule has 0 rings (SSSR count). The van der Waals surface area contributed by atoms with Crippen LogP contribution in [0.5, 0.6) is 0 Å². The number of ether oxygens (including phenoxy) is 3. The highest BCUT2D eigenvalue weighted by Gasteiger charge is 2.13. The molecule has 0 spiro atoms. The number of rotatable bonds is 8. The predicted octanol–water partition coefficient (Wildman–Crippen LogP) is 2.45. The maximum atomic E-state index is 11.1. The maximum absolute atomic E-state index is 11.1. The van der Waals surface area contributed by atoms with Gasteiger partial charge < -0.3 is 14.2 Å². The van der Waals surface area contributed by atoms with Gasteiger partial charge in [-0.3, -0.25) is 0 Å². The van der Waals surface area contributed by atoms with Gasteiger partial charge in [0.15, 0.2) is 6.29 Å². The lowest BCUT2D eigenvalue weighted by Crippen LogP contribution is -2.27. The van der Waals surface area contributed by atoms with Crippen molar-refractivity contribution < 1.29 is 19.0 Å². The van der Waals surface area contributed by atoms with E-state index in [9.17, 15) is 4.79 Å². The second-order valence-corrected chi connectivity index (χ2v) is 3.97. The van der Waals surface area contributed by atoms with Crippen molar-refractivity contribution in [2.24, 2.45) is 0 Å². The van der Waals surface area contributed by atoms with E-state index >= 15 is 0 Å². The molecule has 98 valence electrons. The smallest absolute Gasteiger partial charge is 0.333 e. The third-order valence-electron chi connectivity index (χ3n) is 1.96. The fourth-order valence-corrected chi connectivity index (χ4v) is 1.07. The van der Waals surface area contributed by atoms with Crippen LogP contribution in [0.25, 0.3) is 0 Å². The SMILES string of the molecule is C=CC(C)OC(C)OC(C)COC(=O)C(=C)C. The molecule has 0 radical (unpaired) electrons. The highest BCUT2D eigenvalue weighted by molar-refractivity contribution is 5.86. The van der Waals surface area contributed by atoms with Crippen LogP contribution in [0.2, 0.25) is 0 Å². The molecule has 0 amide bonds. The van der Waals surface area contributed by atoms with Crippen LogP contribution in [0.3, 0.4) is 0 Å². The van der Waals surface area contributed by atoms with E-state index in [4.69, 9.17) is 14.2 Å². The summed E-state index contributed by atoms with van der Waals surface area (Å²) in [5.74, 6) is -0.409. The monoisotopic (exact) mass is 242 g/mol. The Labute approximate surface area is 103 Å². The van der Waals surface area contributed by atoms with Gasteiger partial charge in [-0.25, -0.2) is 4.79 Å². The normalized spacial score (nSPS) is 15.8. The fourth-order valence-electron chi connectivity index (χ4n) is 1.07. The summed E-state index contributed by atoms with van der Waals surface area (Å²) < 4.78 is 15.9. The summed E-state index contributed by atoms with van der Waals surface area (Å²) in [6.45, 7) is 14.4. The van der Waals surface area contributed by atoms with E-state index in [1.807, 2.05) is 13.8 Å². The summed E-state index contributed by atoms with van der Waals surface area (Å²) in [7, 11) is 0. The average molecular weight is 242 g/mol. The molecule has 0 aromatic rings. The molecule has 0 saturated heterocycles. The summed E-state index contributed by atoms with van der Waals surface area (Å²) in [6.07, 6.45) is 1.01. The molecular weight excluding hydrogens is 220 g/mol. The molecule has 0 heterocycles. The van der Waals surface area contributed by atoms with Crippen LogP contribution in [0.1, 0.15) is 27.7 Å². The van der Waals surface area contributed by atoms with Crippen LogP contribution >= 0.6 is 0 Å². The molecule has 4 nitrogen and oxygen atoms in total. The van der Waals surface area contributed by atoms with E-state index in [1.54, 1.807) is 19.9 Å². The zero-order chi connectivity index (χ0) is 13.4. The van der Waals surface area contributed by atoms with Gasteiger partial charge in [-0.05, 0) is 27.7 Å². The third kappa shape index (κ3) is 7.71. The molecule has 3 atom stereocenters. The molecule has 3 unspecified atom stereocenters. The largest absolute Gasteiger partial charge is 0.460 e. The Morgan fingerprint density at radius 2 is 1.88 bits per heavy atom. The molecule has 0 N–H and O–H groups in total. The maximum Gasteiger partial charge on any atom is 0.333 e. The summed E-state index contributed by atoms with van der Waals surface area (Å²) in [5, 5.41) is 0. The van der Waals surface area contributed by atoms with Crippen molar-refractivity contribution in [2.75, 3.05) is 6.61 Å². The zero-order valence-corrected chi connectivity index (χ0v) is 11.1. The first-order valence-electron chi connectivity index (χ1n) is 5.63. The minimum Gasteiger partial charge on any atom is -0.460 e. The van der Waals surface area contributed by atoms with E-state index in [-0.39, 0.29) is 25.1 Å². The van der Waals surface area contributed by atoms with Crippen molar-refractivity contribution >= 4 is 5.97 Å². The Kier molecular flexibility index (Phi) is 7.50. The van der Waals surface area contributed by atoms with Crippen LogP contribution in [0.15, 0.2) is 24.8 Å². The quantitative estimate of drug-likeness (QED) is 0.284. The molecule has 0 aromatic heterocycles. The van der Waals surface area contributed by atoms with Gasteiger partial charge in [0.05, 0.1) is 12.2 Å². The molecule has 0 aliphatic rings. The average Bonchev–Trinajstić information content (AvgIpc) is 2.25. The van der Waals surface area contributed by atoms with Crippen LogP contribution in [0.4, 0.5) is 0 Å². The lowest BCUT2D eigenvalue weighted by atomic mass is 10.3. The first-order chi connectivity index (χ1) is 7.86. The highest BCUT2D eigenvalue weighted by Crippen LogP contribution is 2.05. The number of carbonyl (C=O) groups excluding carboxylic acids is 1. The minimum absolute atomic E-state index is 0.0739. The standard InChI is InChI=1S/C13H22O4/c1-7-10(4)16-12(6)17-11(5)8-15-13(14)9(2)3/h7,10-12H,1-2,8H2,3-6H3. The molecule has 4 heteroatoms. The van der Waals surface area contributed by atoms with E-state index in [0.29, 0.717) is 5.57 Å². The van der Waals surface area contributed by atoms with Crippen LogP contribution < -0.4 is 0 Å². The van der Waals surface area contributed by atoms with Gasteiger partial charge in [-0.15, -0.1) is 6.58 Å². The van der Waals surface area contributed by atoms with Crippen molar-refractivity contribution in [1.82, 2.24) is 0 Å². The van der Waals surface area contributed by atoms with Crippen molar-refractivity contribution in [3.8, 4) is 0 Å². The lowest BCUT2D eigenvalue weighted by Gasteiger charge is -2.21. The highest BCUT2D eigenvalue weighted by atomic mass is 16.7. The van der Waals surface area contributed by atoms with Crippen molar-refractivity contribution in [1.29, 1.82) is 0 Å². The van der Waals surface area contributed by atoms with Gasteiger partial charge in [-0.1, -0.05) is 12.7 Å². The number of hydrogen-bond acceptors (Lipinski definition) is 4. The van der Waals surface area contributed by atoms with Crippen LogP contribution in [0, 0.1) is 0 Å². The van der Waals surface area contributed by atoms with Crippen LogP contribution in [-0.2, 0) is 19.0 Å². The molecule has 17 heavy (non-hydrogen) atoms. The Hall–Kier alpha value is -1.13. The van der Waals surface area contributed by atoms with Crippen molar-refractivity contribution in [3.63, 3.8) is 0 Å². The molecule has 0 fully saturated rings. The summed E-state index contributed by atoms with van der Waals surface area (Å²) in [6, 6.07) is 0. The number of esters is 1. The summed E-state index contributed by atoms with van der Waals surface area (Å²) in [4.78, 5) is 11.1. The number of carbonyl (C=O) groups is 1. The van der Waals surface area contributed by atoms with Crippen LogP contribution in [-0.4, -0.2) is 31.1 Å². The summed E-state index contributed by atoms with van der Waals surface area (Å²) >= 11 is 0. The Morgan fingerprint density at radius 1 is 1.29 bits per heavy atom. The van der Waals surface area contributed by atoms with Crippen molar-refractivity contribution in [2.45, 2.75) is 46.2 Å². The molecule has 0 aromatic carbocycles. The Bertz CT molecular complexity index is 273. The van der Waals surface area contributed by atoms with Gasteiger partial charge in [0.2, 0.25) is 0 Å². The minimum atomic E-state index is -0.409. The van der Waals surface area contributed by atoms with Crippen molar-refractivity contribution in [3.05, 3.63) is 24.8 Å². The number of hydrogen-bond donors (Lipinski definition) is 0. The molecule has 0 saturated carbocycles. The van der Waals surface area contributed by atoms with Gasteiger partial charge in [0.25, 0.3) is 0 Å². The second kappa shape index (κ2) is 8.03. The molecule has 0 aliphatic carbocycles. The van der Waals surface area contributed by atoms with Gasteiger partial charge >= 0.3 is 5.97 Å². The Morgan fingerprint density at radius 3 is 2.35 bits per heavy atom. The van der Waals surface area contributed by atoms with Gasteiger partial charge in [0, 0.05) is 5.57 Å².